The molecule has 0 spiro atoms. The van der Waals surface area contributed by atoms with Crippen LogP contribution in [0.25, 0.3) is 0 Å². The van der Waals surface area contributed by atoms with E-state index in [1.54, 1.807) is 6.07 Å². The van der Waals surface area contributed by atoms with Crippen molar-refractivity contribution in [3.8, 4) is 0 Å². The highest BCUT2D eigenvalue weighted by Crippen LogP contribution is 2.29. The summed E-state index contributed by atoms with van der Waals surface area (Å²) in [4.78, 5) is 10.1. The Morgan fingerprint density at radius 3 is 2.86 bits per heavy atom. The number of aldehydes is 1. The summed E-state index contributed by atoms with van der Waals surface area (Å²) < 4.78 is 12.7. The fourth-order valence-corrected chi connectivity index (χ4v) is 1.53. The highest BCUT2D eigenvalue weighted by Gasteiger charge is 2.11. The first-order valence-electron chi connectivity index (χ1n) is 4.27. The average Bonchev–Trinajstić information content (AvgIpc) is 2.14. The minimum absolute atomic E-state index is 0.330. The molecule has 1 unspecified atom stereocenters. The van der Waals surface area contributed by atoms with E-state index in [1.165, 1.54) is 12.1 Å². The van der Waals surface area contributed by atoms with Crippen LogP contribution in [0.4, 0.5) is 10.1 Å². The van der Waals surface area contributed by atoms with E-state index >= 15 is 0 Å². The predicted octanol–water partition coefficient (Wildman–Crippen LogP) is 2.67. The van der Waals surface area contributed by atoms with E-state index < -0.39 is 0 Å². The number of carbonyl (C=O) groups excluding carboxylic acids is 1. The van der Waals surface area contributed by atoms with Crippen LogP contribution < -0.4 is 5.73 Å². The Kier molecular flexibility index (Phi) is 3.89. The summed E-state index contributed by atoms with van der Waals surface area (Å²) in [5.74, 6) is -0.384. The van der Waals surface area contributed by atoms with E-state index in [1.807, 2.05) is 0 Å². The van der Waals surface area contributed by atoms with Gasteiger partial charge < -0.3 is 10.5 Å². The van der Waals surface area contributed by atoms with Gasteiger partial charge in [0, 0.05) is 12.1 Å². The van der Waals surface area contributed by atoms with Crippen LogP contribution >= 0.6 is 11.6 Å². The van der Waals surface area contributed by atoms with Gasteiger partial charge in [0.15, 0.2) is 0 Å². The third kappa shape index (κ3) is 2.70. The Labute approximate surface area is 86.9 Å². The molecule has 4 heteroatoms. The van der Waals surface area contributed by atoms with Crippen molar-refractivity contribution in [2.24, 2.45) is 0 Å². The van der Waals surface area contributed by atoms with Crippen LogP contribution in [0.5, 0.6) is 0 Å². The summed E-state index contributed by atoms with van der Waals surface area (Å²) in [6.45, 7) is 0. The number of nitrogen functional groups attached to an aromatic ring is 1. The van der Waals surface area contributed by atoms with Crippen LogP contribution in [0.15, 0.2) is 18.2 Å². The van der Waals surface area contributed by atoms with Gasteiger partial charge in [-0.1, -0.05) is 6.07 Å². The van der Waals surface area contributed by atoms with E-state index in [2.05, 4.69) is 0 Å². The molecular formula is C10H11ClFNO. The molecule has 14 heavy (non-hydrogen) atoms. The number of benzene rings is 1. The lowest BCUT2D eigenvalue weighted by Gasteiger charge is -2.10. The number of rotatable bonds is 4. The van der Waals surface area contributed by atoms with Gasteiger partial charge in [0.05, 0.1) is 5.38 Å². The van der Waals surface area contributed by atoms with Crippen molar-refractivity contribution in [1.29, 1.82) is 0 Å². The summed E-state index contributed by atoms with van der Waals surface area (Å²) in [5.41, 5.74) is 6.59. The lowest BCUT2D eigenvalue weighted by atomic mass is 10.1. The third-order valence-corrected chi connectivity index (χ3v) is 2.38. The van der Waals surface area contributed by atoms with E-state index in [0.29, 0.717) is 24.1 Å². The van der Waals surface area contributed by atoms with Gasteiger partial charge in [-0.25, -0.2) is 4.39 Å². The van der Waals surface area contributed by atoms with Gasteiger partial charge in [-0.2, -0.15) is 0 Å². The van der Waals surface area contributed by atoms with Crippen molar-refractivity contribution in [3.63, 3.8) is 0 Å². The van der Waals surface area contributed by atoms with Gasteiger partial charge in [-0.05, 0) is 24.1 Å². The van der Waals surface area contributed by atoms with Crippen LogP contribution in [0.2, 0.25) is 0 Å². The highest BCUT2D eigenvalue weighted by atomic mass is 35.5. The molecule has 0 heterocycles. The Hall–Kier alpha value is -1.09. The molecule has 0 saturated heterocycles. The topological polar surface area (TPSA) is 43.1 Å². The second-order valence-corrected chi connectivity index (χ2v) is 3.51. The maximum Gasteiger partial charge on any atom is 0.125 e. The number of halogens is 2. The van der Waals surface area contributed by atoms with Crippen LogP contribution in [-0.2, 0) is 4.79 Å². The van der Waals surface area contributed by atoms with Gasteiger partial charge >= 0.3 is 0 Å². The zero-order valence-electron chi connectivity index (χ0n) is 7.54. The van der Waals surface area contributed by atoms with Crippen LogP contribution in [-0.4, -0.2) is 6.29 Å². The van der Waals surface area contributed by atoms with E-state index in [4.69, 9.17) is 17.3 Å². The molecule has 0 fully saturated rings. The smallest absolute Gasteiger partial charge is 0.125 e. The molecule has 76 valence electrons. The molecule has 1 aromatic rings. The zero-order chi connectivity index (χ0) is 10.6. The van der Waals surface area contributed by atoms with Crippen LogP contribution in [0.3, 0.4) is 0 Å². The highest BCUT2D eigenvalue weighted by molar-refractivity contribution is 6.21. The molecular weight excluding hydrogens is 205 g/mol. The fourth-order valence-electron chi connectivity index (χ4n) is 1.20. The largest absolute Gasteiger partial charge is 0.398 e. The van der Waals surface area contributed by atoms with E-state index in [9.17, 15) is 9.18 Å². The zero-order valence-corrected chi connectivity index (χ0v) is 8.30. The normalized spacial score (nSPS) is 12.4. The quantitative estimate of drug-likeness (QED) is 0.477. The molecule has 1 aromatic carbocycles. The van der Waals surface area contributed by atoms with Crippen LogP contribution in [0, 0.1) is 5.82 Å². The average molecular weight is 216 g/mol. The first-order chi connectivity index (χ1) is 6.65. The Balaban J connectivity index is 2.78. The van der Waals surface area contributed by atoms with E-state index in [0.717, 1.165) is 6.29 Å². The van der Waals surface area contributed by atoms with Gasteiger partial charge in [0.1, 0.15) is 12.1 Å². The molecule has 0 aliphatic carbocycles. The second kappa shape index (κ2) is 4.96. The molecule has 1 rings (SSSR count). The number of hydrogen-bond donors (Lipinski definition) is 1. The lowest BCUT2D eigenvalue weighted by Crippen LogP contribution is -1.98. The molecule has 2 N–H and O–H groups in total. The summed E-state index contributed by atoms with van der Waals surface area (Å²) in [7, 11) is 0. The first-order valence-corrected chi connectivity index (χ1v) is 4.71. The molecule has 1 atom stereocenters. The van der Waals surface area contributed by atoms with Crippen molar-refractivity contribution in [3.05, 3.63) is 29.6 Å². The molecule has 0 saturated carbocycles. The van der Waals surface area contributed by atoms with Gasteiger partial charge in [0.25, 0.3) is 0 Å². The number of anilines is 1. The predicted molar refractivity (Wildman–Crippen MR) is 54.7 cm³/mol. The molecule has 0 aliphatic rings. The number of hydrogen-bond acceptors (Lipinski definition) is 2. The van der Waals surface area contributed by atoms with Gasteiger partial charge in [-0.15, -0.1) is 11.6 Å². The summed E-state index contributed by atoms with van der Waals surface area (Å²) in [5, 5.41) is -0.333. The fraction of sp³-hybridized carbons (Fsp3) is 0.300. The molecule has 2 nitrogen and oxygen atoms in total. The third-order valence-electron chi connectivity index (χ3n) is 1.92. The molecule has 0 aliphatic heterocycles. The molecule has 0 amide bonds. The monoisotopic (exact) mass is 215 g/mol. The number of nitrogens with two attached hydrogens (primary N) is 1. The Morgan fingerprint density at radius 2 is 2.29 bits per heavy atom. The van der Waals surface area contributed by atoms with Crippen molar-refractivity contribution in [1.82, 2.24) is 0 Å². The summed E-state index contributed by atoms with van der Waals surface area (Å²) in [6, 6.07) is 4.08. The van der Waals surface area contributed by atoms with E-state index in [-0.39, 0.29) is 11.2 Å². The first kappa shape index (κ1) is 11.0. The van der Waals surface area contributed by atoms with Gasteiger partial charge in [-0.3, -0.25) is 0 Å². The number of alkyl halides is 1. The molecule has 0 radical (unpaired) electrons. The van der Waals surface area contributed by atoms with Gasteiger partial charge in [0.2, 0.25) is 0 Å². The van der Waals surface area contributed by atoms with Crippen molar-refractivity contribution >= 4 is 23.6 Å². The SMILES string of the molecule is Nc1cc(F)ccc1C(Cl)CCC=O. The summed E-state index contributed by atoms with van der Waals surface area (Å²) in [6.07, 6.45) is 1.70. The van der Waals surface area contributed by atoms with Crippen molar-refractivity contribution < 1.29 is 9.18 Å². The minimum atomic E-state index is -0.384. The van der Waals surface area contributed by atoms with Crippen molar-refractivity contribution in [2.45, 2.75) is 18.2 Å². The standard InChI is InChI=1S/C10H11ClFNO/c11-9(2-1-5-14)8-4-3-7(12)6-10(8)13/h3-6,9H,1-2,13H2. The summed E-state index contributed by atoms with van der Waals surface area (Å²) >= 11 is 5.98. The number of carbonyl (C=O) groups is 1. The maximum atomic E-state index is 12.7. The second-order valence-electron chi connectivity index (χ2n) is 2.98. The molecule has 0 aromatic heterocycles. The lowest BCUT2D eigenvalue weighted by molar-refractivity contribution is -0.107. The maximum absolute atomic E-state index is 12.7. The minimum Gasteiger partial charge on any atom is -0.398 e. The van der Waals surface area contributed by atoms with Crippen LogP contribution in [0.1, 0.15) is 23.8 Å². The Bertz CT molecular complexity index is 330. The Morgan fingerprint density at radius 1 is 1.57 bits per heavy atom. The van der Waals surface area contributed by atoms with Crippen molar-refractivity contribution in [2.75, 3.05) is 5.73 Å². The molecule has 0 bridgehead atoms.